The van der Waals surface area contributed by atoms with Gasteiger partial charge in [0.15, 0.2) is 0 Å². The van der Waals surface area contributed by atoms with Crippen LogP contribution in [0.1, 0.15) is 98.3 Å². The topological polar surface area (TPSA) is 20.2 Å². The van der Waals surface area contributed by atoms with Crippen molar-refractivity contribution in [3.8, 4) is 0 Å². The molecule has 0 aromatic heterocycles. The van der Waals surface area contributed by atoms with Crippen molar-refractivity contribution in [3.63, 3.8) is 0 Å². The van der Waals surface area contributed by atoms with Gasteiger partial charge in [0.1, 0.15) is 0 Å². The fourth-order valence-corrected chi connectivity index (χ4v) is 6.66. The molecule has 0 saturated heterocycles. The third-order valence-electron chi connectivity index (χ3n) is 8.35. The second kappa shape index (κ2) is 9.33. The van der Waals surface area contributed by atoms with Crippen molar-refractivity contribution in [2.24, 2.45) is 29.1 Å². The Morgan fingerprint density at radius 1 is 1.11 bits per heavy atom. The number of hydrogen-bond acceptors (Lipinski definition) is 1. The zero-order valence-electron chi connectivity index (χ0n) is 19.0. The van der Waals surface area contributed by atoms with E-state index in [9.17, 15) is 5.11 Å². The lowest BCUT2D eigenvalue weighted by Crippen LogP contribution is -2.36. The molecule has 3 saturated carbocycles. The lowest BCUT2D eigenvalue weighted by Gasteiger charge is -2.44. The first-order chi connectivity index (χ1) is 13.3. The summed E-state index contributed by atoms with van der Waals surface area (Å²) in [6.45, 7) is 14.1. The first kappa shape index (κ1) is 21.9. The molecule has 28 heavy (non-hydrogen) atoms. The molecule has 3 aliphatic carbocycles. The fourth-order valence-electron chi connectivity index (χ4n) is 6.66. The summed E-state index contributed by atoms with van der Waals surface area (Å²) in [6.07, 6.45) is 18.2. The molecular weight excluding hydrogens is 340 g/mol. The average Bonchev–Trinajstić information content (AvgIpc) is 2.99. The summed E-state index contributed by atoms with van der Waals surface area (Å²) in [5.41, 5.74) is 4.72. The van der Waals surface area contributed by atoms with E-state index in [1.807, 2.05) is 0 Å². The standard InChI is InChI=1S/C27H44O/c1-19(2)8-6-9-21(4)25-15-16-26-22(10-7-17-27(25,26)5)12-13-23-18-24(28)14-11-20(23)3/h12-13,19,21,24-26,28H,3,6-11,14-18H2,1-2,4-5H3/t21?,24-,25+,26-,27+/m0/s1. The molecule has 1 nitrogen and oxygen atoms in total. The van der Waals surface area contributed by atoms with E-state index < -0.39 is 0 Å². The zero-order valence-corrected chi connectivity index (χ0v) is 19.0. The van der Waals surface area contributed by atoms with Crippen molar-refractivity contribution in [1.82, 2.24) is 0 Å². The van der Waals surface area contributed by atoms with Crippen molar-refractivity contribution >= 4 is 0 Å². The van der Waals surface area contributed by atoms with Crippen LogP contribution in [0.5, 0.6) is 0 Å². The molecule has 0 spiro atoms. The smallest absolute Gasteiger partial charge is 0.0583 e. The van der Waals surface area contributed by atoms with Crippen molar-refractivity contribution in [1.29, 1.82) is 0 Å². The highest BCUT2D eigenvalue weighted by molar-refractivity contribution is 5.36. The molecule has 1 unspecified atom stereocenters. The number of aliphatic hydroxyl groups excluding tert-OH is 1. The molecule has 1 N–H and O–H groups in total. The molecule has 3 rings (SSSR count). The minimum atomic E-state index is -0.172. The second-order valence-electron chi connectivity index (χ2n) is 10.8. The Kier molecular flexibility index (Phi) is 7.29. The summed E-state index contributed by atoms with van der Waals surface area (Å²) in [4.78, 5) is 0. The molecule has 0 aliphatic heterocycles. The van der Waals surface area contributed by atoms with Gasteiger partial charge in [0.05, 0.1) is 6.10 Å². The lowest BCUT2D eigenvalue weighted by molar-refractivity contribution is 0.0929. The van der Waals surface area contributed by atoms with Gasteiger partial charge in [-0.15, -0.1) is 0 Å². The third kappa shape index (κ3) is 4.84. The minimum absolute atomic E-state index is 0.172. The summed E-state index contributed by atoms with van der Waals surface area (Å²) in [6, 6.07) is 0. The molecule has 0 bridgehead atoms. The summed E-state index contributed by atoms with van der Waals surface area (Å²) in [7, 11) is 0. The van der Waals surface area contributed by atoms with Crippen LogP contribution in [0.15, 0.2) is 35.5 Å². The molecule has 5 atom stereocenters. The van der Waals surface area contributed by atoms with E-state index in [1.165, 1.54) is 62.5 Å². The van der Waals surface area contributed by atoms with Crippen molar-refractivity contribution in [3.05, 3.63) is 35.5 Å². The van der Waals surface area contributed by atoms with Gasteiger partial charge in [-0.2, -0.15) is 0 Å². The van der Waals surface area contributed by atoms with Gasteiger partial charge in [-0.1, -0.05) is 76.8 Å². The highest BCUT2D eigenvalue weighted by Gasteiger charge is 2.50. The normalized spacial score (nSPS) is 37.6. The number of allylic oxidation sites excluding steroid dienone is 4. The molecule has 0 aromatic carbocycles. The van der Waals surface area contributed by atoms with E-state index in [0.717, 1.165) is 42.9 Å². The van der Waals surface area contributed by atoms with Gasteiger partial charge in [0, 0.05) is 0 Å². The van der Waals surface area contributed by atoms with Crippen LogP contribution in [0.3, 0.4) is 0 Å². The summed E-state index contributed by atoms with van der Waals surface area (Å²) < 4.78 is 0. The van der Waals surface area contributed by atoms with Crippen LogP contribution in [0.25, 0.3) is 0 Å². The van der Waals surface area contributed by atoms with Crippen LogP contribution in [0, 0.1) is 29.1 Å². The van der Waals surface area contributed by atoms with E-state index in [-0.39, 0.29) is 6.10 Å². The summed E-state index contributed by atoms with van der Waals surface area (Å²) in [5.74, 6) is 3.37. The molecule has 0 radical (unpaired) electrons. The molecular formula is C27H44O. The number of fused-ring (bicyclic) bond motifs is 1. The van der Waals surface area contributed by atoms with Crippen molar-refractivity contribution in [2.75, 3.05) is 0 Å². The van der Waals surface area contributed by atoms with Gasteiger partial charge >= 0.3 is 0 Å². The van der Waals surface area contributed by atoms with Crippen LogP contribution in [-0.4, -0.2) is 11.2 Å². The first-order valence-electron chi connectivity index (χ1n) is 12.1. The molecule has 0 amide bonds. The summed E-state index contributed by atoms with van der Waals surface area (Å²) >= 11 is 0. The average molecular weight is 385 g/mol. The van der Waals surface area contributed by atoms with Gasteiger partial charge < -0.3 is 5.11 Å². The highest BCUT2D eigenvalue weighted by Crippen LogP contribution is 2.59. The Balaban J connectivity index is 1.70. The Hall–Kier alpha value is -0.820. The van der Waals surface area contributed by atoms with E-state index in [0.29, 0.717) is 5.41 Å². The second-order valence-corrected chi connectivity index (χ2v) is 10.8. The quantitative estimate of drug-likeness (QED) is 0.499. The van der Waals surface area contributed by atoms with Gasteiger partial charge in [0.2, 0.25) is 0 Å². The number of aliphatic hydroxyl groups is 1. The van der Waals surface area contributed by atoms with Gasteiger partial charge in [-0.25, -0.2) is 0 Å². The Bertz CT molecular complexity index is 610. The Morgan fingerprint density at radius 2 is 1.89 bits per heavy atom. The SMILES string of the molecule is C=C1CC[C@H](O)CC1=CC=C1CCC[C@]2(C)[C@@H](C(C)CCCC(C)C)CC[C@@H]12. The van der Waals surface area contributed by atoms with E-state index in [1.54, 1.807) is 5.57 Å². The Labute approximate surface area is 174 Å². The fraction of sp³-hybridized carbons (Fsp3) is 0.778. The minimum Gasteiger partial charge on any atom is -0.393 e. The summed E-state index contributed by atoms with van der Waals surface area (Å²) in [5, 5.41) is 10.0. The predicted octanol–water partition coefficient (Wildman–Crippen LogP) is 7.62. The maximum absolute atomic E-state index is 10.0. The largest absolute Gasteiger partial charge is 0.393 e. The Morgan fingerprint density at radius 3 is 2.64 bits per heavy atom. The molecule has 3 fully saturated rings. The molecule has 0 aromatic rings. The van der Waals surface area contributed by atoms with Gasteiger partial charge in [0.25, 0.3) is 0 Å². The van der Waals surface area contributed by atoms with Crippen LogP contribution < -0.4 is 0 Å². The first-order valence-corrected chi connectivity index (χ1v) is 12.1. The number of hydrogen-bond donors (Lipinski definition) is 1. The van der Waals surface area contributed by atoms with Gasteiger partial charge in [-0.3, -0.25) is 0 Å². The van der Waals surface area contributed by atoms with Crippen molar-refractivity contribution in [2.45, 2.75) is 104 Å². The van der Waals surface area contributed by atoms with Crippen LogP contribution in [0.2, 0.25) is 0 Å². The molecule has 1 heteroatoms. The van der Waals surface area contributed by atoms with E-state index in [4.69, 9.17) is 0 Å². The predicted molar refractivity (Wildman–Crippen MR) is 121 cm³/mol. The van der Waals surface area contributed by atoms with Crippen LogP contribution in [0.4, 0.5) is 0 Å². The maximum atomic E-state index is 10.0. The van der Waals surface area contributed by atoms with Crippen molar-refractivity contribution < 1.29 is 5.11 Å². The van der Waals surface area contributed by atoms with Crippen LogP contribution >= 0.6 is 0 Å². The lowest BCUT2D eigenvalue weighted by atomic mass is 9.60. The van der Waals surface area contributed by atoms with Gasteiger partial charge in [-0.05, 0) is 86.0 Å². The molecule has 3 aliphatic rings. The van der Waals surface area contributed by atoms with Crippen LogP contribution in [-0.2, 0) is 0 Å². The third-order valence-corrected chi connectivity index (χ3v) is 8.35. The van der Waals surface area contributed by atoms with E-state index >= 15 is 0 Å². The zero-order chi connectivity index (χ0) is 20.3. The van der Waals surface area contributed by atoms with E-state index in [2.05, 4.69) is 46.4 Å². The number of rotatable bonds is 6. The monoisotopic (exact) mass is 384 g/mol. The highest BCUT2D eigenvalue weighted by atomic mass is 16.3. The molecule has 158 valence electrons. The molecule has 0 heterocycles. The maximum Gasteiger partial charge on any atom is 0.0583 e.